The molecule has 4 atom stereocenters. The molecule has 2 aliphatic heterocycles. The number of carboxylic acid groups (broad SMARTS) is 1. The van der Waals surface area contributed by atoms with Crippen LogP contribution >= 0.6 is 27.0 Å². The number of hydrogen-bond acceptors (Lipinski definition) is 6. The summed E-state index contributed by atoms with van der Waals surface area (Å²) in [6.45, 7) is 13.9. The van der Waals surface area contributed by atoms with Crippen molar-refractivity contribution in [3.8, 4) is 0 Å². The standard InChI is InChI=1S/C18H31NO2Si.C5H9NO3.2H2S/c1-18(2,3)22(4,5)21-17-11-16(14-20)19(13-17)12-15-9-7-6-8-10-15;7-3-1-4(5(8)9)6-2-3;;/h6-10,16-17,20H,11-14H2,1-5H3;3-4,6-7H,1-2H2,(H,8,9);2*1H2/t16-,17+;3-,4+;;/m01../s1. The third-order valence-electron chi connectivity index (χ3n) is 6.60. The van der Waals surface area contributed by atoms with Gasteiger partial charge in [0.05, 0.1) is 18.8 Å². The molecule has 0 saturated carbocycles. The van der Waals surface area contributed by atoms with Crippen molar-refractivity contribution >= 4 is 41.3 Å². The van der Waals surface area contributed by atoms with Crippen molar-refractivity contribution in [3.63, 3.8) is 0 Å². The summed E-state index contributed by atoms with van der Waals surface area (Å²) in [6, 6.07) is 10.2. The zero-order chi connectivity index (χ0) is 23.2. The summed E-state index contributed by atoms with van der Waals surface area (Å²) >= 11 is 0. The molecule has 0 aliphatic carbocycles. The minimum Gasteiger partial charge on any atom is -0.480 e. The lowest BCUT2D eigenvalue weighted by Crippen LogP contribution is -2.44. The summed E-state index contributed by atoms with van der Waals surface area (Å²) in [5.41, 5.74) is 1.30. The van der Waals surface area contributed by atoms with Gasteiger partial charge in [-0.3, -0.25) is 9.69 Å². The molecule has 1 aromatic carbocycles. The minimum absolute atomic E-state index is 0. The summed E-state index contributed by atoms with van der Waals surface area (Å²) in [5, 5.41) is 29.8. The highest BCUT2D eigenvalue weighted by molar-refractivity contribution is 7.59. The zero-order valence-corrected chi connectivity index (χ0v) is 23.5. The number of aliphatic carboxylic acids is 1. The van der Waals surface area contributed by atoms with E-state index in [1.165, 1.54) is 5.56 Å². The van der Waals surface area contributed by atoms with E-state index in [0.717, 1.165) is 19.5 Å². The average Bonchev–Trinajstić information content (AvgIpc) is 3.28. The second-order valence-electron chi connectivity index (χ2n) is 10.2. The Hall–Kier alpha value is -0.593. The van der Waals surface area contributed by atoms with Crippen LogP contribution in [0.5, 0.6) is 0 Å². The van der Waals surface area contributed by atoms with Gasteiger partial charge in [0.1, 0.15) is 6.04 Å². The molecule has 33 heavy (non-hydrogen) atoms. The number of rotatable bonds is 6. The van der Waals surface area contributed by atoms with Crippen LogP contribution in [0, 0.1) is 0 Å². The fourth-order valence-corrected chi connectivity index (χ4v) is 5.08. The van der Waals surface area contributed by atoms with Crippen LogP contribution in [0.15, 0.2) is 30.3 Å². The van der Waals surface area contributed by atoms with E-state index in [0.29, 0.717) is 13.0 Å². The van der Waals surface area contributed by atoms with Crippen LogP contribution in [0.1, 0.15) is 39.2 Å². The molecule has 2 aliphatic rings. The van der Waals surface area contributed by atoms with Gasteiger partial charge in [0.2, 0.25) is 0 Å². The first-order valence-electron chi connectivity index (χ1n) is 11.1. The van der Waals surface area contributed by atoms with Gasteiger partial charge in [-0.05, 0) is 30.1 Å². The molecule has 2 saturated heterocycles. The Labute approximate surface area is 213 Å². The molecule has 0 radical (unpaired) electrons. The molecule has 0 unspecified atom stereocenters. The van der Waals surface area contributed by atoms with Gasteiger partial charge in [0.25, 0.3) is 0 Å². The lowest BCUT2D eigenvalue weighted by atomic mass is 10.2. The van der Waals surface area contributed by atoms with E-state index in [1.54, 1.807) is 0 Å². The van der Waals surface area contributed by atoms with Gasteiger partial charge < -0.3 is 25.1 Å². The van der Waals surface area contributed by atoms with Gasteiger partial charge in [0, 0.05) is 32.1 Å². The molecule has 7 nitrogen and oxygen atoms in total. The molecule has 0 bridgehead atoms. The van der Waals surface area contributed by atoms with E-state index in [4.69, 9.17) is 14.6 Å². The van der Waals surface area contributed by atoms with Crippen molar-refractivity contribution in [3.05, 3.63) is 35.9 Å². The number of carboxylic acids is 1. The van der Waals surface area contributed by atoms with Crippen molar-refractivity contribution in [2.75, 3.05) is 19.7 Å². The van der Waals surface area contributed by atoms with E-state index >= 15 is 0 Å². The van der Waals surface area contributed by atoms with Crippen molar-refractivity contribution in [1.29, 1.82) is 0 Å². The monoisotopic (exact) mass is 520 g/mol. The molecule has 1 aromatic rings. The number of β-amino-alcohol motifs (C(OH)–C–C–N with tert-alkyl or cyclic N) is 1. The normalized spacial score (nSPS) is 25.4. The smallest absolute Gasteiger partial charge is 0.320 e. The van der Waals surface area contributed by atoms with Crippen molar-refractivity contribution in [2.24, 2.45) is 0 Å². The van der Waals surface area contributed by atoms with Crippen LogP contribution in [-0.4, -0.2) is 78.5 Å². The highest BCUT2D eigenvalue weighted by atomic mass is 32.1. The fourth-order valence-electron chi connectivity index (χ4n) is 3.72. The molecule has 4 N–H and O–H groups in total. The molecule has 2 fully saturated rings. The summed E-state index contributed by atoms with van der Waals surface area (Å²) in [4.78, 5) is 12.5. The first-order valence-corrected chi connectivity index (χ1v) is 14.0. The summed E-state index contributed by atoms with van der Waals surface area (Å²) < 4.78 is 6.55. The number of hydrogen-bond donors (Lipinski definition) is 4. The molecule has 10 heteroatoms. The Morgan fingerprint density at radius 1 is 1.18 bits per heavy atom. The lowest BCUT2D eigenvalue weighted by Gasteiger charge is -2.38. The Morgan fingerprint density at radius 3 is 2.21 bits per heavy atom. The number of aliphatic hydroxyl groups excluding tert-OH is 2. The largest absolute Gasteiger partial charge is 0.480 e. The van der Waals surface area contributed by atoms with E-state index in [1.807, 2.05) is 6.07 Å². The fraction of sp³-hybridized carbons (Fsp3) is 0.696. The first-order chi connectivity index (χ1) is 14.4. The van der Waals surface area contributed by atoms with Gasteiger partial charge >= 0.3 is 5.97 Å². The quantitative estimate of drug-likeness (QED) is 0.428. The molecular formula is C23H44N2O5S2Si. The SMILES string of the molecule is CC(C)(C)[Si](C)(C)O[C@@H]1C[C@@H](CO)N(Cc2ccccc2)C1.O=C(O)[C@@H]1C[C@@H](O)CN1.S.S. The second kappa shape index (κ2) is 14.1. The van der Waals surface area contributed by atoms with Crippen molar-refractivity contribution in [1.82, 2.24) is 10.2 Å². The number of nitrogens with zero attached hydrogens (tertiary/aromatic N) is 1. The maximum atomic E-state index is 10.2. The predicted octanol–water partition coefficient (Wildman–Crippen LogP) is 2.66. The molecule has 0 amide bonds. The lowest BCUT2D eigenvalue weighted by molar-refractivity contribution is -0.139. The molecule has 192 valence electrons. The third-order valence-corrected chi connectivity index (χ3v) is 11.1. The molecule has 0 spiro atoms. The zero-order valence-electron chi connectivity index (χ0n) is 20.5. The Balaban J connectivity index is 0.000000789. The molecule has 2 heterocycles. The van der Waals surface area contributed by atoms with Crippen LogP contribution < -0.4 is 5.32 Å². The topological polar surface area (TPSA) is 102 Å². The van der Waals surface area contributed by atoms with Gasteiger partial charge in [-0.15, -0.1) is 0 Å². The number of aliphatic hydroxyl groups is 2. The van der Waals surface area contributed by atoms with Crippen LogP contribution in [-0.2, 0) is 15.8 Å². The van der Waals surface area contributed by atoms with E-state index in [2.05, 4.69) is 68.3 Å². The second-order valence-corrected chi connectivity index (χ2v) is 14.9. The van der Waals surface area contributed by atoms with Gasteiger partial charge in [0.15, 0.2) is 8.32 Å². The Kier molecular flexibility index (Phi) is 13.8. The Morgan fingerprint density at radius 2 is 1.79 bits per heavy atom. The number of benzene rings is 1. The summed E-state index contributed by atoms with van der Waals surface area (Å²) in [5.74, 6) is -0.883. The van der Waals surface area contributed by atoms with Crippen LogP contribution in [0.4, 0.5) is 0 Å². The van der Waals surface area contributed by atoms with Gasteiger partial charge in [-0.1, -0.05) is 51.1 Å². The van der Waals surface area contributed by atoms with Gasteiger partial charge in [-0.25, -0.2) is 0 Å². The van der Waals surface area contributed by atoms with E-state index in [9.17, 15) is 9.90 Å². The van der Waals surface area contributed by atoms with Crippen molar-refractivity contribution < 1.29 is 24.5 Å². The maximum Gasteiger partial charge on any atom is 0.320 e. The van der Waals surface area contributed by atoms with Crippen LogP contribution in [0.25, 0.3) is 0 Å². The third kappa shape index (κ3) is 9.89. The highest BCUT2D eigenvalue weighted by Gasteiger charge is 2.42. The minimum atomic E-state index is -1.74. The predicted molar refractivity (Wildman–Crippen MR) is 145 cm³/mol. The molecule has 0 aromatic heterocycles. The van der Waals surface area contributed by atoms with Crippen LogP contribution in [0.2, 0.25) is 18.1 Å². The van der Waals surface area contributed by atoms with Crippen molar-refractivity contribution in [2.45, 2.75) is 82.6 Å². The van der Waals surface area contributed by atoms with E-state index < -0.39 is 26.4 Å². The number of nitrogens with one attached hydrogen (secondary N) is 1. The Bertz CT molecular complexity index is 706. The number of carbonyl (C=O) groups is 1. The number of likely N-dealkylation sites (tertiary alicyclic amines) is 1. The molecular weight excluding hydrogens is 476 g/mol. The van der Waals surface area contributed by atoms with Crippen LogP contribution in [0.3, 0.4) is 0 Å². The summed E-state index contributed by atoms with van der Waals surface area (Å²) in [7, 11) is -1.74. The molecule has 3 rings (SSSR count). The average molecular weight is 521 g/mol. The van der Waals surface area contributed by atoms with E-state index in [-0.39, 0.29) is 50.8 Å². The highest BCUT2D eigenvalue weighted by Crippen LogP contribution is 2.39. The maximum absolute atomic E-state index is 10.2. The summed E-state index contributed by atoms with van der Waals surface area (Å²) in [6.07, 6.45) is 1.04. The first kappa shape index (κ1) is 32.4. The van der Waals surface area contributed by atoms with Gasteiger partial charge in [-0.2, -0.15) is 27.0 Å².